The highest BCUT2D eigenvalue weighted by atomic mass is 15.2. The van der Waals surface area contributed by atoms with Crippen LogP contribution >= 0.6 is 0 Å². The fraction of sp³-hybridized carbons (Fsp3) is 0.500. The van der Waals surface area contributed by atoms with E-state index in [0.29, 0.717) is 13.0 Å². The van der Waals surface area contributed by atoms with Gasteiger partial charge in [-0.05, 0) is 19.0 Å². The lowest BCUT2D eigenvalue weighted by Gasteiger charge is -2.29. The van der Waals surface area contributed by atoms with Crippen LogP contribution in [0.15, 0.2) is 24.3 Å². The molecule has 0 aliphatic heterocycles. The van der Waals surface area contributed by atoms with Crippen LogP contribution in [0.1, 0.15) is 30.5 Å². The zero-order valence-corrected chi connectivity index (χ0v) is 10.7. The molecule has 17 heavy (non-hydrogen) atoms. The fourth-order valence-electron chi connectivity index (χ4n) is 2.10. The molecular formula is C14H21N3. The van der Waals surface area contributed by atoms with Gasteiger partial charge in [0.1, 0.15) is 0 Å². The Hall–Kier alpha value is -1.37. The molecule has 0 aliphatic rings. The van der Waals surface area contributed by atoms with E-state index in [1.807, 2.05) is 0 Å². The van der Waals surface area contributed by atoms with Crippen molar-refractivity contribution in [1.29, 1.82) is 5.26 Å². The van der Waals surface area contributed by atoms with Crippen molar-refractivity contribution in [2.45, 2.75) is 26.3 Å². The number of hydrogen-bond donors (Lipinski definition) is 1. The van der Waals surface area contributed by atoms with Gasteiger partial charge in [-0.3, -0.25) is 4.90 Å². The standard InChI is InChI=1S/C14H21N3/c1-3-17(9-5-8-15)14(11-16)13-7-4-6-12(2)10-13/h4,6-7,10,14H,3,5,9,11,16H2,1-2H3. The Balaban J connectivity index is 2.85. The minimum absolute atomic E-state index is 0.216. The van der Waals surface area contributed by atoms with E-state index in [0.717, 1.165) is 13.1 Å². The van der Waals surface area contributed by atoms with Crippen LogP contribution in [0.5, 0.6) is 0 Å². The first-order valence-electron chi connectivity index (χ1n) is 6.10. The van der Waals surface area contributed by atoms with Gasteiger partial charge < -0.3 is 5.73 Å². The summed E-state index contributed by atoms with van der Waals surface area (Å²) >= 11 is 0. The van der Waals surface area contributed by atoms with E-state index in [4.69, 9.17) is 11.0 Å². The Bertz CT molecular complexity index is 381. The van der Waals surface area contributed by atoms with Gasteiger partial charge in [-0.2, -0.15) is 5.26 Å². The molecule has 0 bridgehead atoms. The molecule has 0 saturated carbocycles. The molecule has 0 heterocycles. The van der Waals surface area contributed by atoms with Gasteiger partial charge in [0, 0.05) is 25.6 Å². The van der Waals surface area contributed by atoms with Crippen molar-refractivity contribution >= 4 is 0 Å². The zero-order chi connectivity index (χ0) is 12.7. The predicted molar refractivity (Wildman–Crippen MR) is 70.5 cm³/mol. The minimum Gasteiger partial charge on any atom is -0.329 e. The van der Waals surface area contributed by atoms with Crippen molar-refractivity contribution in [3.8, 4) is 6.07 Å². The van der Waals surface area contributed by atoms with Crippen LogP contribution < -0.4 is 5.73 Å². The maximum absolute atomic E-state index is 8.67. The number of aryl methyl sites for hydroxylation is 1. The zero-order valence-electron chi connectivity index (χ0n) is 10.7. The first kappa shape index (κ1) is 13.7. The van der Waals surface area contributed by atoms with Crippen molar-refractivity contribution in [3.05, 3.63) is 35.4 Å². The maximum atomic E-state index is 8.67. The predicted octanol–water partition coefficient (Wildman–Crippen LogP) is 2.23. The number of nitrogens with zero attached hydrogens (tertiary/aromatic N) is 2. The molecule has 0 fully saturated rings. The molecule has 1 unspecified atom stereocenters. The molecule has 92 valence electrons. The van der Waals surface area contributed by atoms with Crippen molar-refractivity contribution in [1.82, 2.24) is 4.90 Å². The first-order valence-corrected chi connectivity index (χ1v) is 6.10. The van der Waals surface area contributed by atoms with E-state index in [-0.39, 0.29) is 6.04 Å². The molecule has 2 N–H and O–H groups in total. The topological polar surface area (TPSA) is 53.0 Å². The third-order valence-electron chi connectivity index (χ3n) is 3.01. The van der Waals surface area contributed by atoms with E-state index in [1.165, 1.54) is 11.1 Å². The number of hydrogen-bond acceptors (Lipinski definition) is 3. The highest BCUT2D eigenvalue weighted by Gasteiger charge is 2.17. The van der Waals surface area contributed by atoms with Gasteiger partial charge in [0.2, 0.25) is 0 Å². The number of benzene rings is 1. The summed E-state index contributed by atoms with van der Waals surface area (Å²) in [5.41, 5.74) is 8.37. The molecule has 0 radical (unpaired) electrons. The summed E-state index contributed by atoms with van der Waals surface area (Å²) in [6, 6.07) is 10.8. The Kier molecular flexibility index (Phi) is 5.68. The summed E-state index contributed by atoms with van der Waals surface area (Å²) in [5, 5.41) is 8.67. The highest BCUT2D eigenvalue weighted by molar-refractivity contribution is 5.25. The molecule has 0 aromatic heterocycles. The summed E-state index contributed by atoms with van der Waals surface area (Å²) in [4.78, 5) is 2.26. The third kappa shape index (κ3) is 3.85. The quantitative estimate of drug-likeness (QED) is 0.816. The van der Waals surface area contributed by atoms with Crippen molar-refractivity contribution in [3.63, 3.8) is 0 Å². The summed E-state index contributed by atoms with van der Waals surface area (Å²) in [5.74, 6) is 0. The second kappa shape index (κ2) is 7.05. The SMILES string of the molecule is CCN(CCC#N)C(CN)c1cccc(C)c1. The molecule has 1 aromatic rings. The minimum atomic E-state index is 0.216. The molecule has 1 rings (SSSR count). The van der Waals surface area contributed by atoms with Gasteiger partial charge in [-0.25, -0.2) is 0 Å². The number of likely N-dealkylation sites (N-methyl/N-ethyl adjacent to an activating group) is 1. The highest BCUT2D eigenvalue weighted by Crippen LogP contribution is 2.20. The summed E-state index contributed by atoms with van der Waals surface area (Å²) in [6.07, 6.45) is 0.552. The molecule has 0 amide bonds. The van der Waals surface area contributed by atoms with Gasteiger partial charge >= 0.3 is 0 Å². The fourth-order valence-corrected chi connectivity index (χ4v) is 2.10. The Morgan fingerprint density at radius 2 is 2.24 bits per heavy atom. The summed E-state index contributed by atoms with van der Waals surface area (Å²) in [6.45, 7) is 6.47. The van der Waals surface area contributed by atoms with E-state index >= 15 is 0 Å². The molecule has 0 aliphatic carbocycles. The van der Waals surface area contributed by atoms with Gasteiger partial charge in [-0.15, -0.1) is 0 Å². The van der Waals surface area contributed by atoms with Gasteiger partial charge in [0.25, 0.3) is 0 Å². The number of nitrogens with two attached hydrogens (primary N) is 1. The summed E-state index contributed by atoms with van der Waals surface area (Å²) < 4.78 is 0. The van der Waals surface area contributed by atoms with Crippen LogP contribution in [-0.2, 0) is 0 Å². The van der Waals surface area contributed by atoms with Crippen LogP contribution in [-0.4, -0.2) is 24.5 Å². The van der Waals surface area contributed by atoms with Gasteiger partial charge in [0.15, 0.2) is 0 Å². The molecule has 0 saturated heterocycles. The summed E-state index contributed by atoms with van der Waals surface area (Å²) in [7, 11) is 0. The molecule has 1 aromatic carbocycles. The van der Waals surface area contributed by atoms with Crippen LogP contribution in [0, 0.1) is 18.3 Å². The van der Waals surface area contributed by atoms with E-state index in [1.54, 1.807) is 0 Å². The van der Waals surface area contributed by atoms with Crippen molar-refractivity contribution in [2.24, 2.45) is 5.73 Å². The largest absolute Gasteiger partial charge is 0.329 e. The second-order valence-corrected chi connectivity index (χ2v) is 4.20. The Morgan fingerprint density at radius 1 is 1.47 bits per heavy atom. The molecular weight excluding hydrogens is 210 g/mol. The van der Waals surface area contributed by atoms with Crippen molar-refractivity contribution in [2.75, 3.05) is 19.6 Å². The Morgan fingerprint density at radius 3 is 2.76 bits per heavy atom. The Labute approximate surface area is 104 Å². The lowest BCUT2D eigenvalue weighted by Crippen LogP contribution is -2.34. The van der Waals surface area contributed by atoms with E-state index < -0.39 is 0 Å². The average molecular weight is 231 g/mol. The van der Waals surface area contributed by atoms with Gasteiger partial charge in [0.05, 0.1) is 6.07 Å². The molecule has 3 nitrogen and oxygen atoms in total. The van der Waals surface area contributed by atoms with E-state index in [2.05, 4.69) is 49.1 Å². The number of nitriles is 1. The van der Waals surface area contributed by atoms with Crippen LogP contribution in [0.3, 0.4) is 0 Å². The number of rotatable bonds is 6. The molecule has 3 heteroatoms. The van der Waals surface area contributed by atoms with Crippen LogP contribution in [0.4, 0.5) is 0 Å². The third-order valence-corrected chi connectivity index (χ3v) is 3.01. The van der Waals surface area contributed by atoms with Crippen LogP contribution in [0.2, 0.25) is 0 Å². The molecule has 1 atom stereocenters. The lowest BCUT2D eigenvalue weighted by molar-refractivity contribution is 0.217. The van der Waals surface area contributed by atoms with Gasteiger partial charge in [-0.1, -0.05) is 36.8 Å². The van der Waals surface area contributed by atoms with E-state index in [9.17, 15) is 0 Å². The monoisotopic (exact) mass is 231 g/mol. The smallest absolute Gasteiger partial charge is 0.0635 e. The first-order chi connectivity index (χ1) is 8.22. The average Bonchev–Trinajstić information content (AvgIpc) is 2.34. The lowest BCUT2D eigenvalue weighted by atomic mass is 10.0. The maximum Gasteiger partial charge on any atom is 0.0635 e. The second-order valence-electron chi connectivity index (χ2n) is 4.20. The van der Waals surface area contributed by atoms with Crippen LogP contribution in [0.25, 0.3) is 0 Å². The molecule has 0 spiro atoms. The van der Waals surface area contributed by atoms with Crippen molar-refractivity contribution < 1.29 is 0 Å². The normalized spacial score (nSPS) is 12.4.